The van der Waals surface area contributed by atoms with Gasteiger partial charge in [0.2, 0.25) is 0 Å². The van der Waals surface area contributed by atoms with E-state index >= 15 is 0 Å². The SMILES string of the molecule is CCC1OC(=O)[C@@H](C)C(O[C@H]2C[C@@](C)(OC)[C@@H](O)[C@H](C)O2)[C@@H](C)[C@H](O[C@@H]2O[C@H](C)C[C@H](N(C)C)[C@H]2O)[C@@](C)(O)C[C@H](C)C(=O)C(C)[C@@H](O)[C@@]1(C)O.CCCCCCCCCCCCOS(=O)(=O)O. The number of hydrogen-bond donors (Lipinski definition) is 6. The second-order valence-electron chi connectivity index (χ2n) is 20.9. The molecule has 3 fully saturated rings. The Labute approximate surface area is 408 Å². The number of carbonyl (C=O) groups is 2. The summed E-state index contributed by atoms with van der Waals surface area (Å²) in [5.41, 5.74) is -4.84. The average Bonchev–Trinajstić information content (AvgIpc) is 3.26. The van der Waals surface area contributed by atoms with E-state index in [1.807, 2.05) is 25.9 Å². The average molecular weight is 1000 g/mol. The molecule has 0 aromatic rings. The van der Waals surface area contributed by atoms with E-state index in [4.69, 9.17) is 33.0 Å². The molecule has 0 spiro atoms. The Morgan fingerprint density at radius 2 is 1.34 bits per heavy atom. The van der Waals surface area contributed by atoms with Gasteiger partial charge in [0.1, 0.15) is 29.7 Å². The largest absolute Gasteiger partial charge is 0.459 e. The molecule has 0 saturated carbocycles. The highest BCUT2D eigenvalue weighted by atomic mass is 32.3. The predicted octanol–water partition coefficient (Wildman–Crippen LogP) is 5.51. The number of likely N-dealkylation sites (N-methyl/N-ethyl adjacent to an activating group) is 1. The third-order valence-corrected chi connectivity index (χ3v) is 15.0. The molecule has 3 saturated heterocycles. The van der Waals surface area contributed by atoms with Crippen LogP contribution in [0.2, 0.25) is 0 Å². The predicted molar refractivity (Wildman–Crippen MR) is 256 cm³/mol. The number of unbranched alkanes of at least 4 members (excludes halogenated alkanes) is 9. The highest BCUT2D eigenvalue weighted by Gasteiger charge is 2.53. The smallest absolute Gasteiger partial charge is 0.397 e. The number of Topliss-reactive ketones (excluding diaryl/α,β-unsaturated/α-hetero) is 1. The van der Waals surface area contributed by atoms with Gasteiger partial charge in [0, 0.05) is 37.3 Å². The van der Waals surface area contributed by atoms with Crippen LogP contribution in [0.15, 0.2) is 0 Å². The standard InChI is InChI=1S/C37H67NO13.C12H26O4S/c1-14-25-37(10,45)30(41)20(4)27(39)18(2)16-35(8,44)32(51-34-28(40)24(38(11)12)15-19(3)47-34)21(5)29(22(6)33(43)49-25)50-26-17-36(9,46-13)31(42)23(7)48-26;1-2-3-4-5-6-7-8-9-10-11-12-16-17(13,14)15/h18-26,28-32,34,40-42,44-45H,14-17H2,1-13H3;2-12H2,1H3,(H,13,14,15)/t18-,19+,20?,21+,22-,23-,24-,25?,26-,28+,29?,30+,31-,32-,34-,35-,36+,37-;/m0./s1. The minimum absolute atomic E-state index is 0.0926. The minimum atomic E-state index is -4.23. The van der Waals surface area contributed by atoms with Crippen LogP contribution < -0.4 is 0 Å². The molecule has 402 valence electrons. The van der Waals surface area contributed by atoms with Crippen LogP contribution in [-0.2, 0) is 52.6 Å². The number of methoxy groups -OCH3 is 1. The van der Waals surface area contributed by atoms with E-state index in [0.717, 1.165) is 12.8 Å². The quantitative estimate of drug-likeness (QED) is 0.0530. The lowest BCUT2D eigenvalue weighted by Crippen LogP contribution is -2.61. The van der Waals surface area contributed by atoms with Gasteiger partial charge in [-0.25, -0.2) is 4.18 Å². The molecular formula is C49H93NO17S. The Bertz CT molecular complexity index is 1600. The van der Waals surface area contributed by atoms with Gasteiger partial charge in [-0.2, -0.15) is 8.42 Å². The molecule has 3 aliphatic heterocycles. The van der Waals surface area contributed by atoms with Crippen molar-refractivity contribution >= 4 is 22.2 Å². The molecular weight excluding hydrogens is 907 g/mol. The fraction of sp³-hybridized carbons (Fsp3) is 0.959. The number of aliphatic hydroxyl groups excluding tert-OH is 3. The van der Waals surface area contributed by atoms with Gasteiger partial charge in [-0.05, 0) is 81.3 Å². The third-order valence-electron chi connectivity index (χ3n) is 14.6. The molecule has 3 unspecified atom stereocenters. The van der Waals surface area contributed by atoms with Crippen molar-refractivity contribution in [2.45, 2.75) is 250 Å². The molecule has 0 radical (unpaired) electrons. The van der Waals surface area contributed by atoms with Crippen LogP contribution in [-0.4, -0.2) is 167 Å². The molecule has 0 aromatic heterocycles. The van der Waals surface area contributed by atoms with Gasteiger partial charge in [0.15, 0.2) is 12.6 Å². The van der Waals surface area contributed by atoms with Crippen molar-refractivity contribution in [1.82, 2.24) is 4.90 Å². The van der Waals surface area contributed by atoms with Gasteiger partial charge in [0.05, 0.1) is 54.2 Å². The fourth-order valence-corrected chi connectivity index (χ4v) is 10.5. The lowest BCUT2D eigenvalue weighted by molar-refractivity contribution is -0.318. The zero-order valence-corrected chi connectivity index (χ0v) is 44.6. The van der Waals surface area contributed by atoms with Crippen LogP contribution >= 0.6 is 0 Å². The summed E-state index contributed by atoms with van der Waals surface area (Å²) >= 11 is 0. The van der Waals surface area contributed by atoms with Crippen LogP contribution in [0.3, 0.4) is 0 Å². The van der Waals surface area contributed by atoms with Gasteiger partial charge in [-0.15, -0.1) is 0 Å². The number of cyclic esters (lactones) is 1. The summed E-state index contributed by atoms with van der Waals surface area (Å²) in [6, 6.07) is -0.324. The first-order chi connectivity index (χ1) is 31.5. The van der Waals surface area contributed by atoms with E-state index in [1.165, 1.54) is 72.8 Å². The Morgan fingerprint density at radius 1 is 0.779 bits per heavy atom. The summed E-state index contributed by atoms with van der Waals surface area (Å²) in [5, 5.41) is 57.6. The van der Waals surface area contributed by atoms with E-state index in [9.17, 15) is 43.5 Å². The van der Waals surface area contributed by atoms with Crippen molar-refractivity contribution in [3.05, 3.63) is 0 Å². The lowest BCUT2D eigenvalue weighted by atomic mass is 9.74. The second kappa shape index (κ2) is 28.1. The maximum Gasteiger partial charge on any atom is 0.397 e. The summed E-state index contributed by atoms with van der Waals surface area (Å²) < 4.78 is 70.0. The molecule has 3 rings (SSSR count). The molecule has 0 amide bonds. The first-order valence-corrected chi connectivity index (χ1v) is 26.5. The number of ether oxygens (including phenoxy) is 6. The van der Waals surface area contributed by atoms with Crippen molar-refractivity contribution in [2.24, 2.45) is 23.7 Å². The van der Waals surface area contributed by atoms with Crippen molar-refractivity contribution in [3.63, 3.8) is 0 Å². The van der Waals surface area contributed by atoms with E-state index in [1.54, 1.807) is 41.5 Å². The molecule has 19 heteroatoms. The van der Waals surface area contributed by atoms with Gasteiger partial charge < -0.3 is 58.9 Å². The van der Waals surface area contributed by atoms with Crippen molar-refractivity contribution in [1.29, 1.82) is 0 Å². The van der Waals surface area contributed by atoms with Crippen LogP contribution in [0.25, 0.3) is 0 Å². The lowest BCUT2D eigenvalue weighted by Gasteiger charge is -2.49. The fourth-order valence-electron chi connectivity index (χ4n) is 10.2. The number of ketones is 1. The highest BCUT2D eigenvalue weighted by Crippen LogP contribution is 2.41. The van der Waals surface area contributed by atoms with E-state index in [2.05, 4.69) is 11.1 Å². The van der Waals surface area contributed by atoms with Gasteiger partial charge >= 0.3 is 16.4 Å². The molecule has 68 heavy (non-hydrogen) atoms. The maximum atomic E-state index is 14.1. The second-order valence-corrected chi connectivity index (χ2v) is 22.0. The number of hydrogen-bond acceptors (Lipinski definition) is 17. The summed E-state index contributed by atoms with van der Waals surface area (Å²) in [5.74, 6) is -4.98. The topological polar surface area (TPSA) is 258 Å². The summed E-state index contributed by atoms with van der Waals surface area (Å²) in [6.45, 7) is 18.6. The molecule has 3 aliphatic rings. The highest BCUT2D eigenvalue weighted by molar-refractivity contribution is 7.80. The number of nitrogens with zero attached hydrogens (tertiary/aromatic N) is 1. The minimum Gasteiger partial charge on any atom is -0.459 e. The number of aliphatic hydroxyl groups is 5. The normalized spacial score (nSPS) is 40.3. The van der Waals surface area contributed by atoms with Crippen molar-refractivity contribution < 1.29 is 80.7 Å². The van der Waals surface area contributed by atoms with E-state index in [-0.39, 0.29) is 38.0 Å². The van der Waals surface area contributed by atoms with Crippen LogP contribution in [0.5, 0.6) is 0 Å². The Hall–Kier alpha value is -1.43. The van der Waals surface area contributed by atoms with Crippen LogP contribution in [0, 0.1) is 23.7 Å². The van der Waals surface area contributed by atoms with E-state index in [0.29, 0.717) is 12.8 Å². The number of esters is 1. The summed E-state index contributed by atoms with van der Waals surface area (Å²) in [7, 11) is 0.942. The van der Waals surface area contributed by atoms with Gasteiger partial charge in [-0.3, -0.25) is 14.1 Å². The first kappa shape index (κ1) is 62.7. The number of carbonyl (C=O) groups excluding carboxylic acids is 2. The third kappa shape index (κ3) is 18.3. The Balaban J connectivity index is 0.000000789. The molecule has 0 aromatic carbocycles. The molecule has 6 N–H and O–H groups in total. The van der Waals surface area contributed by atoms with E-state index < -0.39 is 118 Å². The van der Waals surface area contributed by atoms with Gasteiger partial charge in [-0.1, -0.05) is 92.4 Å². The number of rotatable bonds is 19. The summed E-state index contributed by atoms with van der Waals surface area (Å²) in [4.78, 5) is 29.8. The van der Waals surface area contributed by atoms with Crippen molar-refractivity contribution in [2.75, 3.05) is 27.8 Å². The monoisotopic (exact) mass is 1000 g/mol. The van der Waals surface area contributed by atoms with Crippen LogP contribution in [0.4, 0.5) is 0 Å². The zero-order chi connectivity index (χ0) is 51.9. The Kier molecular flexibility index (Phi) is 25.9. The molecule has 18 atom stereocenters. The molecule has 18 nitrogen and oxygen atoms in total. The summed E-state index contributed by atoms with van der Waals surface area (Å²) in [6.07, 6.45) is 2.14. The van der Waals surface area contributed by atoms with Gasteiger partial charge in [0.25, 0.3) is 0 Å². The zero-order valence-electron chi connectivity index (χ0n) is 43.8. The first-order valence-electron chi connectivity index (χ1n) is 25.2. The van der Waals surface area contributed by atoms with Crippen LogP contribution in [0.1, 0.15) is 166 Å². The maximum absolute atomic E-state index is 14.1. The Morgan fingerprint density at radius 3 is 1.85 bits per heavy atom. The molecule has 0 aliphatic carbocycles. The molecule has 3 heterocycles. The van der Waals surface area contributed by atoms with Crippen molar-refractivity contribution in [3.8, 4) is 0 Å². The molecule has 0 bridgehead atoms.